The van der Waals surface area contributed by atoms with Crippen LogP contribution in [0.2, 0.25) is 0 Å². The standard InChI is InChI=1S/C14H12BrF3OS/c1-7-5-9(14(16,17)18)3-4-10(7)12(19)11-6-8(2)13(15)20-11/h3-6,12,19H,1-2H3. The van der Waals surface area contributed by atoms with Crippen LogP contribution in [0.1, 0.15) is 33.2 Å². The van der Waals surface area contributed by atoms with Crippen molar-refractivity contribution in [2.24, 2.45) is 0 Å². The minimum atomic E-state index is -4.36. The second-order valence-corrected chi connectivity index (χ2v) is 6.98. The maximum atomic E-state index is 12.6. The highest BCUT2D eigenvalue weighted by molar-refractivity contribution is 9.11. The molecule has 0 aliphatic heterocycles. The summed E-state index contributed by atoms with van der Waals surface area (Å²) in [6.07, 6.45) is -5.27. The molecule has 2 aromatic rings. The largest absolute Gasteiger partial charge is 0.416 e. The zero-order valence-corrected chi connectivity index (χ0v) is 13.2. The molecule has 0 aliphatic carbocycles. The van der Waals surface area contributed by atoms with E-state index in [0.717, 1.165) is 21.5 Å². The van der Waals surface area contributed by atoms with Crippen molar-refractivity contribution in [3.05, 3.63) is 55.2 Å². The summed E-state index contributed by atoms with van der Waals surface area (Å²) in [6.45, 7) is 3.47. The Hall–Kier alpha value is -0.850. The van der Waals surface area contributed by atoms with E-state index >= 15 is 0 Å². The van der Waals surface area contributed by atoms with E-state index in [1.165, 1.54) is 17.4 Å². The van der Waals surface area contributed by atoms with Gasteiger partial charge in [-0.1, -0.05) is 6.07 Å². The summed E-state index contributed by atoms with van der Waals surface area (Å²) in [7, 11) is 0. The number of thiophene rings is 1. The van der Waals surface area contributed by atoms with E-state index in [0.29, 0.717) is 16.0 Å². The molecule has 0 bridgehead atoms. The van der Waals surface area contributed by atoms with Crippen LogP contribution in [-0.2, 0) is 6.18 Å². The van der Waals surface area contributed by atoms with Crippen molar-refractivity contribution >= 4 is 27.3 Å². The molecule has 2 rings (SSSR count). The van der Waals surface area contributed by atoms with Crippen molar-refractivity contribution in [3.8, 4) is 0 Å². The van der Waals surface area contributed by atoms with Crippen molar-refractivity contribution in [3.63, 3.8) is 0 Å². The summed E-state index contributed by atoms with van der Waals surface area (Å²) in [4.78, 5) is 0.706. The molecule has 0 radical (unpaired) electrons. The molecule has 0 saturated carbocycles. The summed E-state index contributed by atoms with van der Waals surface area (Å²) in [6, 6.07) is 5.23. The Bertz CT molecular complexity index is 614. The monoisotopic (exact) mass is 364 g/mol. The second kappa shape index (κ2) is 5.50. The fourth-order valence-electron chi connectivity index (χ4n) is 1.93. The fraction of sp³-hybridized carbons (Fsp3) is 0.286. The second-order valence-electron chi connectivity index (χ2n) is 4.58. The van der Waals surface area contributed by atoms with Crippen LogP contribution >= 0.6 is 27.3 Å². The van der Waals surface area contributed by atoms with Gasteiger partial charge in [0.05, 0.1) is 9.35 Å². The topological polar surface area (TPSA) is 20.2 Å². The molecular formula is C14H12BrF3OS. The summed E-state index contributed by atoms with van der Waals surface area (Å²) < 4.78 is 38.8. The number of halogens is 4. The molecule has 108 valence electrons. The lowest BCUT2D eigenvalue weighted by molar-refractivity contribution is -0.137. The number of hydrogen-bond acceptors (Lipinski definition) is 2. The van der Waals surface area contributed by atoms with Crippen molar-refractivity contribution < 1.29 is 18.3 Å². The molecule has 1 nitrogen and oxygen atoms in total. The summed E-state index contributed by atoms with van der Waals surface area (Å²) in [5.41, 5.74) is 1.21. The van der Waals surface area contributed by atoms with E-state index in [4.69, 9.17) is 0 Å². The van der Waals surface area contributed by atoms with E-state index in [2.05, 4.69) is 15.9 Å². The van der Waals surface area contributed by atoms with Crippen molar-refractivity contribution in [2.75, 3.05) is 0 Å². The Morgan fingerprint density at radius 3 is 2.25 bits per heavy atom. The molecule has 0 fully saturated rings. The molecule has 0 amide bonds. The lowest BCUT2D eigenvalue weighted by Gasteiger charge is -2.14. The number of hydrogen-bond donors (Lipinski definition) is 1. The van der Waals surface area contributed by atoms with Crippen LogP contribution in [0, 0.1) is 13.8 Å². The molecule has 0 aliphatic rings. The average Bonchev–Trinajstić information content (AvgIpc) is 2.67. The van der Waals surface area contributed by atoms with Gasteiger partial charge in [-0.15, -0.1) is 11.3 Å². The van der Waals surface area contributed by atoms with Gasteiger partial charge in [0.15, 0.2) is 0 Å². The number of aliphatic hydroxyl groups excluding tert-OH is 1. The first kappa shape index (κ1) is 15.5. The lowest BCUT2D eigenvalue weighted by Crippen LogP contribution is -2.07. The number of benzene rings is 1. The van der Waals surface area contributed by atoms with Gasteiger partial charge in [-0.3, -0.25) is 0 Å². The first-order valence-corrected chi connectivity index (χ1v) is 7.42. The number of rotatable bonds is 2. The minimum absolute atomic E-state index is 0.425. The zero-order chi connectivity index (χ0) is 15.1. The maximum absolute atomic E-state index is 12.6. The normalized spacial score (nSPS) is 13.6. The van der Waals surface area contributed by atoms with Crippen molar-refractivity contribution in [1.82, 2.24) is 0 Å². The first-order valence-electron chi connectivity index (χ1n) is 5.82. The molecule has 1 N–H and O–H groups in total. The van der Waals surface area contributed by atoms with Crippen LogP contribution < -0.4 is 0 Å². The van der Waals surface area contributed by atoms with Gasteiger partial charge in [-0.05, 0) is 64.7 Å². The van der Waals surface area contributed by atoms with Crippen LogP contribution in [0.5, 0.6) is 0 Å². The van der Waals surface area contributed by atoms with Crippen LogP contribution in [0.4, 0.5) is 13.2 Å². The predicted molar refractivity (Wildman–Crippen MR) is 77.0 cm³/mol. The minimum Gasteiger partial charge on any atom is -0.383 e. The van der Waals surface area contributed by atoms with Crippen LogP contribution in [-0.4, -0.2) is 5.11 Å². The van der Waals surface area contributed by atoms with Gasteiger partial charge in [0.25, 0.3) is 0 Å². The third-order valence-corrected chi connectivity index (χ3v) is 5.23. The average molecular weight is 365 g/mol. The molecule has 0 saturated heterocycles. The maximum Gasteiger partial charge on any atom is 0.416 e. The van der Waals surface area contributed by atoms with Crippen LogP contribution in [0.15, 0.2) is 28.1 Å². The molecular weight excluding hydrogens is 353 g/mol. The van der Waals surface area contributed by atoms with Gasteiger partial charge in [-0.2, -0.15) is 13.2 Å². The fourth-order valence-corrected chi connectivity index (χ4v) is 3.51. The van der Waals surface area contributed by atoms with Crippen molar-refractivity contribution in [2.45, 2.75) is 26.1 Å². The Balaban J connectivity index is 2.38. The van der Waals surface area contributed by atoms with Crippen LogP contribution in [0.25, 0.3) is 0 Å². The third kappa shape index (κ3) is 3.07. The zero-order valence-electron chi connectivity index (χ0n) is 10.8. The number of aryl methyl sites for hydroxylation is 2. The van der Waals surface area contributed by atoms with E-state index in [9.17, 15) is 18.3 Å². The molecule has 1 aromatic heterocycles. The molecule has 20 heavy (non-hydrogen) atoms. The first-order chi connectivity index (χ1) is 9.20. The van der Waals surface area contributed by atoms with Gasteiger partial charge >= 0.3 is 6.18 Å². The number of aliphatic hydroxyl groups is 1. The molecule has 0 spiro atoms. The van der Waals surface area contributed by atoms with Crippen molar-refractivity contribution in [1.29, 1.82) is 0 Å². The summed E-state index contributed by atoms with van der Waals surface area (Å²) >= 11 is 4.75. The van der Waals surface area contributed by atoms with E-state index in [-0.39, 0.29) is 0 Å². The van der Waals surface area contributed by atoms with Gasteiger partial charge < -0.3 is 5.11 Å². The highest BCUT2D eigenvalue weighted by Crippen LogP contribution is 2.37. The smallest absolute Gasteiger partial charge is 0.383 e. The molecule has 1 unspecified atom stereocenters. The van der Waals surface area contributed by atoms with E-state index in [1.54, 1.807) is 6.92 Å². The third-order valence-electron chi connectivity index (χ3n) is 3.04. The SMILES string of the molecule is Cc1cc(C(F)(F)F)ccc1C(O)c1cc(C)c(Br)s1. The summed E-state index contributed by atoms with van der Waals surface area (Å²) in [5.74, 6) is 0. The summed E-state index contributed by atoms with van der Waals surface area (Å²) in [5, 5.41) is 10.3. The Labute approximate surface area is 127 Å². The van der Waals surface area contributed by atoms with E-state index in [1.807, 2.05) is 13.0 Å². The van der Waals surface area contributed by atoms with Gasteiger partial charge in [0.1, 0.15) is 6.10 Å². The Kier molecular flexibility index (Phi) is 4.27. The highest BCUT2D eigenvalue weighted by Gasteiger charge is 2.31. The highest BCUT2D eigenvalue weighted by atomic mass is 79.9. The quantitative estimate of drug-likeness (QED) is 0.773. The predicted octanol–water partition coefficient (Wildman–Crippen LogP) is 5.23. The Morgan fingerprint density at radius 2 is 1.80 bits per heavy atom. The molecule has 1 heterocycles. The Morgan fingerprint density at radius 1 is 1.15 bits per heavy atom. The van der Waals surface area contributed by atoms with Gasteiger partial charge in [0.2, 0.25) is 0 Å². The molecule has 1 aromatic carbocycles. The van der Waals surface area contributed by atoms with E-state index < -0.39 is 17.8 Å². The number of alkyl halides is 3. The van der Waals surface area contributed by atoms with Gasteiger partial charge in [0, 0.05) is 4.88 Å². The lowest BCUT2D eigenvalue weighted by atomic mass is 9.99. The van der Waals surface area contributed by atoms with Gasteiger partial charge in [-0.25, -0.2) is 0 Å². The van der Waals surface area contributed by atoms with Crippen LogP contribution in [0.3, 0.4) is 0 Å². The molecule has 1 atom stereocenters. The molecule has 6 heteroatoms.